The summed E-state index contributed by atoms with van der Waals surface area (Å²) >= 11 is 0. The molecule has 0 fully saturated rings. The minimum absolute atomic E-state index is 0.810. The Balaban J connectivity index is 0.000000136. The van der Waals surface area contributed by atoms with Crippen molar-refractivity contribution in [2.24, 2.45) is 0 Å². The number of rotatable bonds is 0. The first-order valence-corrected chi connectivity index (χ1v) is 5.32. The molecule has 1 aromatic carbocycles. The molecule has 0 aliphatic heterocycles. The van der Waals surface area contributed by atoms with Gasteiger partial charge in [-0.25, -0.2) is 9.97 Å². The van der Waals surface area contributed by atoms with E-state index in [-0.39, 0.29) is 0 Å². The average Bonchev–Trinajstić information content (AvgIpc) is 2.41. The Labute approximate surface area is 100.0 Å². The van der Waals surface area contributed by atoms with Crippen molar-refractivity contribution in [3.05, 3.63) is 67.0 Å². The third-order valence-corrected chi connectivity index (χ3v) is 2.18. The van der Waals surface area contributed by atoms with E-state index in [0.29, 0.717) is 0 Å². The van der Waals surface area contributed by atoms with E-state index in [0.717, 1.165) is 16.7 Å². The number of nitrogens with two attached hydrogens (primary N) is 1. The molecule has 0 aliphatic rings. The summed E-state index contributed by atoms with van der Waals surface area (Å²) in [5.74, 6) is 0. The van der Waals surface area contributed by atoms with Crippen LogP contribution in [0.15, 0.2) is 67.0 Å². The summed E-state index contributed by atoms with van der Waals surface area (Å²) in [5, 5.41) is 1.09. The SMILES string of the molecule is Nc1ccccc1.c1cnc2ncccc2c1. The number of aromatic nitrogens is 2. The predicted molar refractivity (Wildman–Crippen MR) is 70.4 cm³/mol. The molecular weight excluding hydrogens is 210 g/mol. The van der Waals surface area contributed by atoms with Gasteiger partial charge in [0.2, 0.25) is 0 Å². The van der Waals surface area contributed by atoms with Crippen LogP contribution in [0, 0.1) is 0 Å². The molecule has 0 bridgehead atoms. The van der Waals surface area contributed by atoms with Crippen LogP contribution in [0.4, 0.5) is 5.69 Å². The fourth-order valence-electron chi connectivity index (χ4n) is 1.36. The molecule has 2 N–H and O–H groups in total. The lowest BCUT2D eigenvalue weighted by Gasteiger charge is -1.90. The number of para-hydroxylation sites is 1. The minimum Gasteiger partial charge on any atom is -0.399 e. The second-order valence-electron chi connectivity index (χ2n) is 3.46. The summed E-state index contributed by atoms with van der Waals surface area (Å²) in [6.45, 7) is 0. The van der Waals surface area contributed by atoms with E-state index in [2.05, 4.69) is 9.97 Å². The molecule has 0 spiro atoms. The van der Waals surface area contributed by atoms with Gasteiger partial charge in [-0.3, -0.25) is 0 Å². The second kappa shape index (κ2) is 5.61. The summed E-state index contributed by atoms with van der Waals surface area (Å²) in [4.78, 5) is 8.14. The lowest BCUT2D eigenvalue weighted by molar-refractivity contribution is 1.29. The standard InChI is InChI=1S/C8H6N2.C6H7N/c1-3-7-4-2-6-10-8(7)9-5-1;7-6-4-2-1-3-5-6/h1-6H;1-5H,7H2. The zero-order valence-electron chi connectivity index (χ0n) is 9.32. The largest absolute Gasteiger partial charge is 0.399 e. The Morgan fingerprint density at radius 1 is 0.706 bits per heavy atom. The van der Waals surface area contributed by atoms with Crippen molar-refractivity contribution in [3.63, 3.8) is 0 Å². The number of pyridine rings is 2. The first-order valence-electron chi connectivity index (χ1n) is 5.32. The Morgan fingerprint density at radius 2 is 1.29 bits per heavy atom. The van der Waals surface area contributed by atoms with Crippen LogP contribution in [0.5, 0.6) is 0 Å². The van der Waals surface area contributed by atoms with E-state index >= 15 is 0 Å². The van der Waals surface area contributed by atoms with Gasteiger partial charge in [0, 0.05) is 23.5 Å². The van der Waals surface area contributed by atoms with Crippen molar-refractivity contribution in [2.75, 3.05) is 5.73 Å². The molecule has 0 saturated heterocycles. The Morgan fingerprint density at radius 3 is 1.71 bits per heavy atom. The van der Waals surface area contributed by atoms with E-state index in [4.69, 9.17) is 5.73 Å². The fourth-order valence-corrected chi connectivity index (χ4v) is 1.36. The number of fused-ring (bicyclic) bond motifs is 1. The monoisotopic (exact) mass is 223 g/mol. The van der Waals surface area contributed by atoms with Gasteiger partial charge in [0.1, 0.15) is 0 Å². The van der Waals surface area contributed by atoms with E-state index < -0.39 is 0 Å². The molecule has 0 radical (unpaired) electrons. The number of benzene rings is 1. The topological polar surface area (TPSA) is 51.8 Å². The highest BCUT2D eigenvalue weighted by Crippen LogP contribution is 2.04. The molecule has 17 heavy (non-hydrogen) atoms. The molecule has 0 aliphatic carbocycles. The van der Waals surface area contributed by atoms with Crippen LogP contribution in [-0.2, 0) is 0 Å². The molecule has 2 heterocycles. The molecule has 0 atom stereocenters. The Hall–Kier alpha value is -2.42. The predicted octanol–water partition coefficient (Wildman–Crippen LogP) is 2.90. The molecule has 3 aromatic rings. The molecule has 2 aromatic heterocycles. The molecule has 0 amide bonds. The summed E-state index contributed by atoms with van der Waals surface area (Å²) < 4.78 is 0. The van der Waals surface area contributed by atoms with Crippen molar-refractivity contribution in [2.45, 2.75) is 0 Å². The molecule has 3 rings (SSSR count). The van der Waals surface area contributed by atoms with Crippen LogP contribution in [-0.4, -0.2) is 9.97 Å². The zero-order valence-corrected chi connectivity index (χ0v) is 9.32. The van der Waals surface area contributed by atoms with Crippen LogP contribution in [0.2, 0.25) is 0 Å². The van der Waals surface area contributed by atoms with E-state index in [1.165, 1.54) is 0 Å². The minimum atomic E-state index is 0.810. The summed E-state index contributed by atoms with van der Waals surface area (Å²) in [5.41, 5.74) is 6.99. The van der Waals surface area contributed by atoms with E-state index in [9.17, 15) is 0 Å². The maximum Gasteiger partial charge on any atom is 0.159 e. The van der Waals surface area contributed by atoms with Gasteiger partial charge in [0.15, 0.2) is 5.65 Å². The molecule has 3 nitrogen and oxygen atoms in total. The normalized spacial score (nSPS) is 9.41. The van der Waals surface area contributed by atoms with Crippen LogP contribution in [0.3, 0.4) is 0 Å². The lowest BCUT2D eigenvalue weighted by Crippen LogP contribution is -1.79. The van der Waals surface area contributed by atoms with Gasteiger partial charge in [-0.15, -0.1) is 0 Å². The first kappa shape index (κ1) is 11.1. The highest BCUT2D eigenvalue weighted by molar-refractivity contribution is 5.73. The summed E-state index contributed by atoms with van der Waals surface area (Å²) in [6, 6.07) is 17.3. The average molecular weight is 223 g/mol. The van der Waals surface area contributed by atoms with Crippen molar-refractivity contribution in [3.8, 4) is 0 Å². The summed E-state index contributed by atoms with van der Waals surface area (Å²) in [7, 11) is 0. The van der Waals surface area contributed by atoms with Gasteiger partial charge in [-0.2, -0.15) is 0 Å². The van der Waals surface area contributed by atoms with Gasteiger partial charge in [0.25, 0.3) is 0 Å². The van der Waals surface area contributed by atoms with Crippen molar-refractivity contribution >= 4 is 16.7 Å². The molecule has 3 heteroatoms. The zero-order chi connectivity index (χ0) is 11.9. The quantitative estimate of drug-likeness (QED) is 0.596. The lowest BCUT2D eigenvalue weighted by atomic mass is 10.3. The number of hydrogen-bond donors (Lipinski definition) is 1. The van der Waals surface area contributed by atoms with Crippen molar-refractivity contribution < 1.29 is 0 Å². The number of nitrogens with zero attached hydrogens (tertiary/aromatic N) is 2. The van der Waals surface area contributed by atoms with Gasteiger partial charge < -0.3 is 5.73 Å². The Bertz CT molecular complexity index is 513. The molecule has 0 saturated carbocycles. The fraction of sp³-hybridized carbons (Fsp3) is 0. The first-order chi connectivity index (χ1) is 8.36. The number of hydrogen-bond acceptors (Lipinski definition) is 3. The van der Waals surface area contributed by atoms with Crippen LogP contribution >= 0.6 is 0 Å². The van der Waals surface area contributed by atoms with Crippen LogP contribution in [0.25, 0.3) is 11.0 Å². The molecular formula is C14H13N3. The van der Waals surface area contributed by atoms with Crippen LogP contribution in [0.1, 0.15) is 0 Å². The highest BCUT2D eigenvalue weighted by Gasteiger charge is 1.88. The number of anilines is 1. The highest BCUT2D eigenvalue weighted by atomic mass is 14.8. The Kier molecular flexibility index (Phi) is 3.65. The van der Waals surface area contributed by atoms with E-state index in [1.54, 1.807) is 12.4 Å². The van der Waals surface area contributed by atoms with Gasteiger partial charge in [-0.05, 0) is 36.4 Å². The maximum atomic E-state index is 5.36. The molecule has 0 unspecified atom stereocenters. The van der Waals surface area contributed by atoms with Crippen molar-refractivity contribution in [1.82, 2.24) is 9.97 Å². The van der Waals surface area contributed by atoms with Crippen LogP contribution < -0.4 is 5.73 Å². The molecule has 84 valence electrons. The van der Waals surface area contributed by atoms with Crippen molar-refractivity contribution in [1.29, 1.82) is 0 Å². The van der Waals surface area contributed by atoms with Gasteiger partial charge >= 0.3 is 0 Å². The van der Waals surface area contributed by atoms with Gasteiger partial charge in [-0.1, -0.05) is 18.2 Å². The summed E-state index contributed by atoms with van der Waals surface area (Å²) in [6.07, 6.45) is 3.49. The maximum absolute atomic E-state index is 5.36. The second-order valence-corrected chi connectivity index (χ2v) is 3.46. The smallest absolute Gasteiger partial charge is 0.159 e. The third kappa shape index (κ3) is 3.28. The third-order valence-electron chi connectivity index (χ3n) is 2.18. The number of nitrogen functional groups attached to an aromatic ring is 1. The van der Waals surface area contributed by atoms with E-state index in [1.807, 2.05) is 54.6 Å². The van der Waals surface area contributed by atoms with Gasteiger partial charge in [0.05, 0.1) is 0 Å².